The first-order valence-corrected chi connectivity index (χ1v) is 9.12. The monoisotopic (exact) mass is 414 g/mol. The van der Waals surface area contributed by atoms with Gasteiger partial charge in [0.05, 0.1) is 22.5 Å². The van der Waals surface area contributed by atoms with Gasteiger partial charge in [-0.15, -0.1) is 0 Å². The summed E-state index contributed by atoms with van der Waals surface area (Å²) in [6.45, 7) is 0.582. The molecule has 30 heavy (non-hydrogen) atoms. The van der Waals surface area contributed by atoms with Gasteiger partial charge in [-0.3, -0.25) is 5.10 Å². The van der Waals surface area contributed by atoms with Crippen LogP contribution in [0.25, 0.3) is 22.3 Å². The molecule has 0 spiro atoms. The van der Waals surface area contributed by atoms with Gasteiger partial charge in [0.2, 0.25) is 0 Å². The minimum atomic E-state index is -4.54. The molecule has 0 saturated carbocycles. The second kappa shape index (κ2) is 6.68. The molecule has 0 saturated heterocycles. The first kappa shape index (κ1) is 18.3. The number of nitrogens with zero attached hydrogens (tertiary/aromatic N) is 3. The lowest BCUT2D eigenvalue weighted by Gasteiger charge is -2.14. The van der Waals surface area contributed by atoms with Crippen LogP contribution in [-0.2, 0) is 12.6 Å². The number of H-pyrrole nitrogens is 1. The highest BCUT2D eigenvalue weighted by molar-refractivity contribution is 5.92. The van der Waals surface area contributed by atoms with Crippen LogP contribution in [0.2, 0.25) is 0 Å². The van der Waals surface area contributed by atoms with Gasteiger partial charge in [0.25, 0.3) is 0 Å². The number of alkyl halides is 3. The molecule has 0 fully saturated rings. The van der Waals surface area contributed by atoms with Crippen LogP contribution in [0, 0.1) is 5.82 Å². The summed E-state index contributed by atoms with van der Waals surface area (Å²) in [5, 5.41) is 13.6. The van der Waals surface area contributed by atoms with E-state index in [1.807, 2.05) is 0 Å². The number of nitrogens with one attached hydrogen (secondary N) is 3. The summed E-state index contributed by atoms with van der Waals surface area (Å²) in [6, 6.07) is 9.35. The molecule has 0 bridgehead atoms. The molecule has 2 aromatic heterocycles. The third kappa shape index (κ3) is 3.10. The third-order valence-corrected chi connectivity index (χ3v) is 4.88. The lowest BCUT2D eigenvalue weighted by Crippen LogP contribution is -2.09. The lowest BCUT2D eigenvalue weighted by molar-refractivity contribution is -0.137. The van der Waals surface area contributed by atoms with Gasteiger partial charge >= 0.3 is 6.18 Å². The number of halogens is 4. The summed E-state index contributed by atoms with van der Waals surface area (Å²) in [6.07, 6.45) is -4.00. The minimum Gasteiger partial charge on any atom is -0.380 e. The molecular weight excluding hydrogens is 400 g/mol. The van der Waals surface area contributed by atoms with Crippen LogP contribution >= 0.6 is 0 Å². The smallest absolute Gasteiger partial charge is 0.380 e. The molecule has 10 heteroatoms. The summed E-state index contributed by atoms with van der Waals surface area (Å²) in [7, 11) is 0. The predicted molar refractivity (Wildman–Crippen MR) is 104 cm³/mol. The SMILES string of the molecule is Fc1ccc2[nH]nc(Nc3nc(-c4ccccc4C(F)(F)F)nc4c3NCC4)c2c1. The van der Waals surface area contributed by atoms with Gasteiger partial charge < -0.3 is 10.6 Å². The van der Waals surface area contributed by atoms with Crippen molar-refractivity contribution >= 4 is 28.2 Å². The van der Waals surface area contributed by atoms with E-state index in [4.69, 9.17) is 0 Å². The van der Waals surface area contributed by atoms with Crippen LogP contribution in [0.4, 0.5) is 34.9 Å². The Bertz CT molecular complexity index is 1260. The number of fused-ring (bicyclic) bond motifs is 2. The second-order valence-electron chi connectivity index (χ2n) is 6.82. The first-order valence-electron chi connectivity index (χ1n) is 9.12. The van der Waals surface area contributed by atoms with Crippen molar-refractivity contribution in [1.29, 1.82) is 0 Å². The van der Waals surface area contributed by atoms with Crippen molar-refractivity contribution in [2.75, 3.05) is 17.2 Å². The zero-order valence-electron chi connectivity index (χ0n) is 15.3. The Labute approximate surface area is 167 Å². The number of aromatic amines is 1. The van der Waals surface area contributed by atoms with Gasteiger partial charge in [0.15, 0.2) is 17.5 Å². The quantitative estimate of drug-likeness (QED) is 0.416. The van der Waals surface area contributed by atoms with Crippen LogP contribution in [-0.4, -0.2) is 26.7 Å². The van der Waals surface area contributed by atoms with E-state index in [-0.39, 0.29) is 17.2 Å². The molecule has 3 N–H and O–H groups in total. The summed E-state index contributed by atoms with van der Waals surface area (Å²) in [4.78, 5) is 8.72. The van der Waals surface area contributed by atoms with Gasteiger partial charge in [-0.2, -0.15) is 18.3 Å². The fourth-order valence-corrected chi connectivity index (χ4v) is 3.51. The molecule has 0 atom stereocenters. The fraction of sp³-hybridized carbons (Fsp3) is 0.150. The first-order chi connectivity index (χ1) is 14.4. The summed E-state index contributed by atoms with van der Waals surface area (Å²) in [5.41, 5.74) is 0.885. The van der Waals surface area contributed by atoms with Gasteiger partial charge in [0.1, 0.15) is 5.82 Å². The van der Waals surface area contributed by atoms with Crippen molar-refractivity contribution in [3.8, 4) is 11.4 Å². The van der Waals surface area contributed by atoms with E-state index in [1.54, 1.807) is 6.07 Å². The molecular formula is C20H14F4N6. The van der Waals surface area contributed by atoms with E-state index in [9.17, 15) is 17.6 Å². The zero-order chi connectivity index (χ0) is 20.9. The summed E-state index contributed by atoms with van der Waals surface area (Å²) in [5.74, 6) is 0.118. The van der Waals surface area contributed by atoms with Crippen LogP contribution < -0.4 is 10.6 Å². The van der Waals surface area contributed by atoms with Crippen LogP contribution in [0.1, 0.15) is 11.3 Å². The largest absolute Gasteiger partial charge is 0.417 e. The molecule has 4 aromatic rings. The van der Waals surface area contributed by atoms with Crippen molar-refractivity contribution in [2.24, 2.45) is 0 Å². The van der Waals surface area contributed by atoms with Gasteiger partial charge in [-0.25, -0.2) is 14.4 Å². The molecule has 0 unspecified atom stereocenters. The van der Waals surface area contributed by atoms with Crippen molar-refractivity contribution in [3.63, 3.8) is 0 Å². The standard InChI is InChI=1S/C20H14F4N6/c21-10-5-6-14-12(9-10)18(30-29-14)28-19-16-15(7-8-25-16)26-17(27-19)11-3-1-2-4-13(11)20(22,23)24/h1-6,9,25H,7-8H2,(H2,26,27,28,29,30). The molecule has 0 amide bonds. The van der Waals surface area contributed by atoms with E-state index in [0.717, 1.165) is 6.07 Å². The number of benzene rings is 2. The molecule has 5 rings (SSSR count). The Morgan fingerprint density at radius 3 is 2.67 bits per heavy atom. The van der Waals surface area contributed by atoms with E-state index in [0.29, 0.717) is 41.1 Å². The Balaban J connectivity index is 1.64. The number of hydrogen-bond acceptors (Lipinski definition) is 5. The summed E-state index contributed by atoms with van der Waals surface area (Å²) < 4.78 is 54.2. The molecule has 152 valence electrons. The zero-order valence-corrected chi connectivity index (χ0v) is 15.3. The molecule has 2 aromatic carbocycles. The van der Waals surface area contributed by atoms with E-state index in [1.165, 1.54) is 30.3 Å². The van der Waals surface area contributed by atoms with E-state index < -0.39 is 17.6 Å². The predicted octanol–water partition coefficient (Wildman–Crippen LogP) is 4.89. The Hall–Kier alpha value is -3.69. The Morgan fingerprint density at radius 2 is 1.83 bits per heavy atom. The van der Waals surface area contributed by atoms with Crippen molar-refractivity contribution in [2.45, 2.75) is 12.6 Å². The van der Waals surface area contributed by atoms with Gasteiger partial charge in [-0.1, -0.05) is 18.2 Å². The normalized spacial score (nSPS) is 13.3. The Morgan fingerprint density at radius 1 is 1.00 bits per heavy atom. The summed E-state index contributed by atoms with van der Waals surface area (Å²) >= 11 is 0. The molecule has 6 nitrogen and oxygen atoms in total. The van der Waals surface area contributed by atoms with Crippen LogP contribution in [0.5, 0.6) is 0 Å². The number of aromatic nitrogens is 4. The lowest BCUT2D eigenvalue weighted by atomic mass is 10.1. The number of anilines is 3. The van der Waals surface area contributed by atoms with E-state index >= 15 is 0 Å². The molecule has 3 heterocycles. The minimum absolute atomic E-state index is 0.0427. The molecule has 0 aliphatic carbocycles. The highest BCUT2D eigenvalue weighted by atomic mass is 19.4. The maximum atomic E-state index is 13.7. The third-order valence-electron chi connectivity index (χ3n) is 4.88. The average Bonchev–Trinajstić information content (AvgIpc) is 3.34. The van der Waals surface area contributed by atoms with Crippen molar-refractivity contribution in [1.82, 2.24) is 20.2 Å². The molecule has 1 aliphatic heterocycles. The number of rotatable bonds is 3. The van der Waals surface area contributed by atoms with Crippen LogP contribution in [0.15, 0.2) is 42.5 Å². The molecule has 0 radical (unpaired) electrons. The topological polar surface area (TPSA) is 78.5 Å². The van der Waals surface area contributed by atoms with Crippen LogP contribution in [0.3, 0.4) is 0 Å². The van der Waals surface area contributed by atoms with Crippen molar-refractivity contribution < 1.29 is 17.6 Å². The molecule has 1 aliphatic rings. The number of hydrogen-bond donors (Lipinski definition) is 3. The van der Waals surface area contributed by atoms with Crippen molar-refractivity contribution in [3.05, 3.63) is 59.5 Å². The fourth-order valence-electron chi connectivity index (χ4n) is 3.51. The maximum absolute atomic E-state index is 13.7. The van der Waals surface area contributed by atoms with Gasteiger partial charge in [-0.05, 0) is 24.3 Å². The van der Waals surface area contributed by atoms with E-state index in [2.05, 4.69) is 30.8 Å². The maximum Gasteiger partial charge on any atom is 0.417 e. The average molecular weight is 414 g/mol. The highest BCUT2D eigenvalue weighted by Crippen LogP contribution is 2.38. The second-order valence-corrected chi connectivity index (χ2v) is 6.82. The van der Waals surface area contributed by atoms with Gasteiger partial charge in [0, 0.05) is 23.9 Å². The Kier molecular flexibility index (Phi) is 4.09. The highest BCUT2D eigenvalue weighted by Gasteiger charge is 2.34.